The Hall–Kier alpha value is -4.53. The lowest BCUT2D eigenvalue weighted by atomic mass is 9.94. The second kappa shape index (κ2) is 14.7. The van der Waals surface area contributed by atoms with Gasteiger partial charge in [-0.3, -0.25) is 14.5 Å². The van der Waals surface area contributed by atoms with Gasteiger partial charge in [-0.1, -0.05) is 42.7 Å². The van der Waals surface area contributed by atoms with Gasteiger partial charge in [0.1, 0.15) is 18.1 Å². The highest BCUT2D eigenvalue weighted by molar-refractivity contribution is 7.89. The molecule has 0 radical (unpaired) electrons. The number of nitrogens with one attached hydrogen (secondary N) is 2. The number of nitrogens with zero attached hydrogens (tertiary/aromatic N) is 4. The number of anilines is 1. The molecule has 2 aliphatic rings. The molecular weight excluding hydrogens is 636 g/mol. The fourth-order valence-electron chi connectivity index (χ4n) is 6.37. The van der Waals surface area contributed by atoms with Crippen LogP contribution in [0.1, 0.15) is 56.6 Å². The minimum absolute atomic E-state index is 0.00390. The zero-order valence-corrected chi connectivity index (χ0v) is 27.6. The van der Waals surface area contributed by atoms with E-state index in [1.165, 1.54) is 53.1 Å². The number of phenols is 1. The van der Waals surface area contributed by atoms with Crippen molar-refractivity contribution in [1.29, 1.82) is 0 Å². The van der Waals surface area contributed by atoms with Gasteiger partial charge in [0.2, 0.25) is 21.8 Å². The first-order chi connectivity index (χ1) is 23.2. The molecule has 0 spiro atoms. The van der Waals surface area contributed by atoms with Crippen LogP contribution in [0.15, 0.2) is 71.6 Å². The number of sulfonamides is 1. The minimum Gasteiger partial charge on any atom is -0.504 e. The van der Waals surface area contributed by atoms with E-state index in [0.29, 0.717) is 23.2 Å². The molecule has 2 atom stereocenters. The summed E-state index contributed by atoms with van der Waals surface area (Å²) in [6.07, 6.45) is 6.19. The van der Waals surface area contributed by atoms with Gasteiger partial charge in [0.25, 0.3) is 0 Å². The highest BCUT2D eigenvalue weighted by Gasteiger charge is 2.35. The zero-order chi connectivity index (χ0) is 33.7. The van der Waals surface area contributed by atoms with Crippen LogP contribution in [0.25, 0.3) is 11.0 Å². The van der Waals surface area contributed by atoms with Crippen LogP contribution < -0.4 is 19.7 Å². The molecule has 2 fully saturated rings. The van der Waals surface area contributed by atoms with Gasteiger partial charge in [-0.05, 0) is 79.8 Å². The molecule has 1 aromatic heterocycles. The number of para-hydroxylation sites is 1. The molecule has 13 nitrogen and oxygen atoms in total. The Kier molecular flexibility index (Phi) is 10.2. The summed E-state index contributed by atoms with van der Waals surface area (Å²) >= 11 is 0. The molecule has 1 saturated heterocycles. The first-order valence-corrected chi connectivity index (χ1v) is 17.7. The van der Waals surface area contributed by atoms with Gasteiger partial charge in [-0.25, -0.2) is 17.8 Å². The molecule has 3 N–H and O–H groups in total. The number of rotatable bonds is 12. The monoisotopic (exact) mass is 676 g/mol. The zero-order valence-electron chi connectivity index (χ0n) is 26.7. The van der Waals surface area contributed by atoms with Crippen molar-refractivity contribution in [1.82, 2.24) is 25.0 Å². The topological polar surface area (TPSA) is 165 Å². The van der Waals surface area contributed by atoms with Crippen molar-refractivity contribution in [2.45, 2.75) is 74.6 Å². The maximum atomic E-state index is 14.4. The van der Waals surface area contributed by atoms with Crippen LogP contribution in [0.5, 0.6) is 11.5 Å². The highest BCUT2D eigenvalue weighted by atomic mass is 32.2. The van der Waals surface area contributed by atoms with Crippen molar-refractivity contribution >= 4 is 38.6 Å². The molecule has 48 heavy (non-hydrogen) atoms. The molecule has 1 aliphatic carbocycles. The van der Waals surface area contributed by atoms with Crippen molar-refractivity contribution < 1.29 is 32.6 Å². The molecule has 0 unspecified atom stereocenters. The maximum absolute atomic E-state index is 14.4. The standard InChI is InChI=1S/C34H40N6O7S/c1-46-31-18-13-23(20-30(31)41)33(34(43)36-24-8-3-2-4-9-24)40(32(42)22-39-29-12-6-5-11-28(29)37-38-39)25-14-16-27(17-15-25)48(44,45)35-21-26-10-7-19-47-26/h5-6,11-18,20,24,26,33,35,41H,2-4,7-10,19,21-22H2,1H3,(H,36,43)/t26-,33+/m1/s1. The van der Waals surface area contributed by atoms with Crippen LogP contribution in [0.2, 0.25) is 0 Å². The molecule has 1 aliphatic heterocycles. The van der Waals surface area contributed by atoms with Crippen molar-refractivity contribution in [3.63, 3.8) is 0 Å². The number of phenolic OH excluding ortho intramolecular Hbond substituents is 1. The first-order valence-electron chi connectivity index (χ1n) is 16.2. The predicted molar refractivity (Wildman–Crippen MR) is 178 cm³/mol. The van der Waals surface area contributed by atoms with Gasteiger partial charge < -0.3 is 19.9 Å². The van der Waals surface area contributed by atoms with E-state index in [9.17, 15) is 23.1 Å². The number of aromatic nitrogens is 3. The second-order valence-corrected chi connectivity index (χ2v) is 13.9. The molecule has 2 amide bonds. The van der Waals surface area contributed by atoms with Crippen molar-refractivity contribution in [3.05, 3.63) is 72.3 Å². The average molecular weight is 677 g/mol. The summed E-state index contributed by atoms with van der Waals surface area (Å²) in [5, 5.41) is 22.2. The summed E-state index contributed by atoms with van der Waals surface area (Å²) in [4.78, 5) is 30.0. The van der Waals surface area contributed by atoms with E-state index >= 15 is 0 Å². The molecule has 2 heterocycles. The number of carbonyl (C=O) groups is 2. The van der Waals surface area contributed by atoms with E-state index in [1.807, 2.05) is 12.1 Å². The van der Waals surface area contributed by atoms with Gasteiger partial charge in [0.05, 0.1) is 23.6 Å². The minimum atomic E-state index is -3.88. The lowest BCUT2D eigenvalue weighted by Gasteiger charge is -2.33. The van der Waals surface area contributed by atoms with E-state index in [4.69, 9.17) is 9.47 Å². The number of fused-ring (bicyclic) bond motifs is 1. The van der Waals surface area contributed by atoms with E-state index in [1.54, 1.807) is 18.2 Å². The molecule has 4 aromatic rings. The molecule has 6 rings (SSSR count). The van der Waals surface area contributed by atoms with Gasteiger partial charge in [-0.2, -0.15) is 0 Å². The van der Waals surface area contributed by atoms with Gasteiger partial charge >= 0.3 is 0 Å². The summed E-state index contributed by atoms with van der Waals surface area (Å²) in [5.41, 5.74) is 1.86. The Morgan fingerprint density at radius 1 is 1.04 bits per heavy atom. The third kappa shape index (κ3) is 7.45. The highest BCUT2D eigenvalue weighted by Crippen LogP contribution is 2.35. The molecule has 14 heteroatoms. The maximum Gasteiger partial charge on any atom is 0.249 e. The van der Waals surface area contributed by atoms with Gasteiger partial charge in [0.15, 0.2) is 11.5 Å². The van der Waals surface area contributed by atoms with Crippen LogP contribution >= 0.6 is 0 Å². The summed E-state index contributed by atoms with van der Waals surface area (Å²) in [7, 11) is -2.46. The Morgan fingerprint density at radius 3 is 2.52 bits per heavy atom. The third-order valence-electron chi connectivity index (χ3n) is 8.90. The molecule has 0 bridgehead atoms. The Bertz CT molecular complexity index is 1850. The number of methoxy groups -OCH3 is 1. The molecule has 254 valence electrons. The fraction of sp³-hybridized carbons (Fsp3) is 0.412. The number of hydrogen-bond donors (Lipinski definition) is 3. The van der Waals surface area contributed by atoms with Crippen molar-refractivity contribution in [2.24, 2.45) is 0 Å². The van der Waals surface area contributed by atoms with E-state index in [2.05, 4.69) is 20.4 Å². The number of benzene rings is 3. The molecule has 1 saturated carbocycles. The summed E-state index contributed by atoms with van der Waals surface area (Å²) < 4.78 is 41.2. The first kappa shape index (κ1) is 33.4. The summed E-state index contributed by atoms with van der Waals surface area (Å²) in [6, 6.07) is 16.3. The van der Waals surface area contributed by atoms with E-state index < -0.39 is 27.9 Å². The number of carbonyl (C=O) groups excluding carboxylic acids is 2. The normalized spacial score (nSPS) is 17.6. The Morgan fingerprint density at radius 2 is 1.81 bits per heavy atom. The molecule has 3 aromatic carbocycles. The summed E-state index contributed by atoms with van der Waals surface area (Å²) in [6.45, 7) is 0.501. The molecular formula is C34H40N6O7S. The predicted octanol–water partition coefficient (Wildman–Crippen LogP) is 3.83. The number of amides is 2. The number of hydrogen-bond acceptors (Lipinski definition) is 9. The number of aromatic hydroxyl groups is 1. The largest absolute Gasteiger partial charge is 0.504 e. The van der Waals surface area contributed by atoms with Gasteiger partial charge in [0, 0.05) is 24.9 Å². The van der Waals surface area contributed by atoms with Crippen LogP contribution in [0.4, 0.5) is 5.69 Å². The van der Waals surface area contributed by atoms with Crippen LogP contribution in [0.3, 0.4) is 0 Å². The van der Waals surface area contributed by atoms with Crippen LogP contribution in [0, 0.1) is 0 Å². The van der Waals surface area contributed by atoms with Crippen molar-refractivity contribution in [2.75, 3.05) is 25.2 Å². The van der Waals surface area contributed by atoms with E-state index in [0.717, 1.165) is 44.9 Å². The van der Waals surface area contributed by atoms with Crippen LogP contribution in [-0.2, 0) is 30.9 Å². The Balaban J connectivity index is 1.38. The van der Waals surface area contributed by atoms with E-state index in [-0.39, 0.29) is 47.3 Å². The van der Waals surface area contributed by atoms with Crippen molar-refractivity contribution in [3.8, 4) is 11.5 Å². The Labute approximate surface area is 279 Å². The van der Waals surface area contributed by atoms with Gasteiger partial charge in [-0.15, -0.1) is 5.10 Å². The number of ether oxygens (including phenoxy) is 2. The smallest absolute Gasteiger partial charge is 0.249 e. The second-order valence-electron chi connectivity index (χ2n) is 12.2. The third-order valence-corrected chi connectivity index (χ3v) is 10.3. The SMILES string of the molecule is COc1ccc([C@@H](C(=O)NC2CCCCC2)N(C(=O)Cn2nnc3ccccc32)c2ccc(S(=O)(=O)NC[C@H]3CCCO3)cc2)cc1O. The lowest BCUT2D eigenvalue weighted by Crippen LogP contribution is -2.48. The average Bonchev–Trinajstić information content (AvgIpc) is 3.77. The quantitative estimate of drug-likeness (QED) is 0.202. The summed E-state index contributed by atoms with van der Waals surface area (Å²) in [5.74, 6) is -0.920. The lowest BCUT2D eigenvalue weighted by molar-refractivity contribution is -0.127. The van der Waals surface area contributed by atoms with Crippen LogP contribution in [-0.4, -0.2) is 72.7 Å². The fourth-order valence-corrected chi connectivity index (χ4v) is 7.44.